The minimum absolute atomic E-state index is 0.431. The van der Waals surface area contributed by atoms with E-state index in [1.807, 2.05) is 0 Å². The van der Waals surface area contributed by atoms with Crippen molar-refractivity contribution in [3.05, 3.63) is 11.8 Å². The number of aromatic nitrogens is 2. The Kier molecular flexibility index (Phi) is 2.37. The monoisotopic (exact) mass is 210 g/mol. The van der Waals surface area contributed by atoms with E-state index in [2.05, 4.69) is 9.84 Å². The minimum Gasteiger partial charge on any atom is -0.493 e. The first-order chi connectivity index (χ1) is 6.29. The van der Waals surface area contributed by atoms with Gasteiger partial charge in [-0.3, -0.25) is 0 Å². The first-order valence-corrected chi connectivity index (χ1v) is 3.32. The summed E-state index contributed by atoms with van der Waals surface area (Å²) < 4.78 is 38.6. The summed E-state index contributed by atoms with van der Waals surface area (Å²) in [6.45, 7) is 0. The van der Waals surface area contributed by atoms with Gasteiger partial charge < -0.3 is 9.84 Å². The van der Waals surface area contributed by atoms with Crippen LogP contribution < -0.4 is 0 Å². The SMILES string of the molecule is Cn1nc(C(=O)OC(F)(F)F)cc1O. The van der Waals surface area contributed by atoms with E-state index in [0.717, 1.165) is 10.7 Å². The number of aromatic hydroxyl groups is 1. The van der Waals surface area contributed by atoms with Gasteiger partial charge in [0.2, 0.25) is 5.88 Å². The molecule has 1 rings (SSSR count). The lowest BCUT2D eigenvalue weighted by Crippen LogP contribution is -2.19. The average molecular weight is 210 g/mol. The largest absolute Gasteiger partial charge is 0.575 e. The summed E-state index contributed by atoms with van der Waals surface area (Å²) in [6, 6.07) is 0.772. The van der Waals surface area contributed by atoms with E-state index >= 15 is 0 Å². The van der Waals surface area contributed by atoms with Crippen molar-refractivity contribution in [3.8, 4) is 5.88 Å². The van der Waals surface area contributed by atoms with Crippen LogP contribution in [0.3, 0.4) is 0 Å². The maximum absolute atomic E-state index is 11.6. The molecule has 0 aromatic carbocycles. The molecule has 0 unspecified atom stereocenters. The summed E-state index contributed by atoms with van der Waals surface area (Å²) in [7, 11) is 1.26. The lowest BCUT2D eigenvalue weighted by molar-refractivity contribution is -0.292. The Bertz CT molecular complexity index is 338. The number of rotatable bonds is 1. The van der Waals surface area contributed by atoms with Crippen molar-refractivity contribution in [1.82, 2.24) is 9.78 Å². The summed E-state index contributed by atoms with van der Waals surface area (Å²) in [5.74, 6) is -2.09. The van der Waals surface area contributed by atoms with E-state index in [4.69, 9.17) is 5.11 Å². The Morgan fingerprint density at radius 3 is 2.57 bits per heavy atom. The zero-order valence-electron chi connectivity index (χ0n) is 6.87. The number of nitrogens with zero attached hydrogens (tertiary/aromatic N) is 2. The summed E-state index contributed by atoms with van der Waals surface area (Å²) in [5.41, 5.74) is -0.609. The van der Waals surface area contributed by atoms with Gasteiger partial charge in [0.15, 0.2) is 5.69 Å². The molecule has 0 aliphatic rings. The third kappa shape index (κ3) is 2.38. The van der Waals surface area contributed by atoms with Crippen molar-refractivity contribution in [3.63, 3.8) is 0 Å². The molecule has 0 aliphatic heterocycles. The van der Waals surface area contributed by atoms with Crippen LogP contribution in [0.2, 0.25) is 0 Å². The van der Waals surface area contributed by atoms with Gasteiger partial charge in [-0.15, -0.1) is 13.2 Å². The van der Waals surface area contributed by atoms with E-state index in [-0.39, 0.29) is 0 Å². The van der Waals surface area contributed by atoms with Crippen LogP contribution in [0.5, 0.6) is 5.88 Å². The number of carbonyl (C=O) groups is 1. The second kappa shape index (κ2) is 3.20. The van der Waals surface area contributed by atoms with Crippen LogP contribution in [0.25, 0.3) is 0 Å². The van der Waals surface area contributed by atoms with E-state index in [9.17, 15) is 18.0 Å². The minimum atomic E-state index is -5.05. The zero-order valence-corrected chi connectivity index (χ0v) is 6.87. The molecule has 8 heteroatoms. The molecule has 0 aliphatic carbocycles. The molecule has 1 heterocycles. The smallest absolute Gasteiger partial charge is 0.493 e. The highest BCUT2D eigenvalue weighted by atomic mass is 19.4. The van der Waals surface area contributed by atoms with Crippen LogP contribution in [0, 0.1) is 0 Å². The topological polar surface area (TPSA) is 64.4 Å². The van der Waals surface area contributed by atoms with Gasteiger partial charge in [0, 0.05) is 13.1 Å². The van der Waals surface area contributed by atoms with Crippen molar-refractivity contribution in [2.24, 2.45) is 7.05 Å². The number of ether oxygens (including phenoxy) is 1. The molecule has 1 aromatic heterocycles. The molecule has 78 valence electrons. The lowest BCUT2D eigenvalue weighted by atomic mass is 10.4. The normalized spacial score (nSPS) is 11.4. The lowest BCUT2D eigenvalue weighted by Gasteiger charge is -2.04. The van der Waals surface area contributed by atoms with Crippen molar-refractivity contribution in [1.29, 1.82) is 0 Å². The Labute approximate surface area is 75.7 Å². The number of hydrogen-bond acceptors (Lipinski definition) is 4. The number of carbonyl (C=O) groups excluding carboxylic acids is 1. The third-order valence-electron chi connectivity index (χ3n) is 1.27. The predicted octanol–water partition coefficient (Wildman–Crippen LogP) is 0.802. The number of halogens is 3. The molecule has 0 bridgehead atoms. The van der Waals surface area contributed by atoms with Crippen molar-refractivity contribution in [2.75, 3.05) is 0 Å². The standard InChI is InChI=1S/C6H5F3N2O3/c1-11-4(12)2-3(10-11)5(13)14-6(7,8)9/h2,12H,1H3. The van der Waals surface area contributed by atoms with Crippen LogP contribution in [0.4, 0.5) is 13.2 Å². The third-order valence-corrected chi connectivity index (χ3v) is 1.27. The van der Waals surface area contributed by atoms with Gasteiger partial charge in [-0.25, -0.2) is 9.48 Å². The number of aryl methyl sites for hydroxylation is 1. The molecule has 1 N–H and O–H groups in total. The fourth-order valence-corrected chi connectivity index (χ4v) is 0.715. The molecular weight excluding hydrogens is 205 g/mol. The van der Waals surface area contributed by atoms with E-state index in [0.29, 0.717) is 0 Å². The zero-order chi connectivity index (χ0) is 10.9. The van der Waals surface area contributed by atoms with Crippen LogP contribution in [-0.2, 0) is 11.8 Å². The van der Waals surface area contributed by atoms with Gasteiger partial charge in [-0.05, 0) is 0 Å². The summed E-state index contributed by atoms with van der Waals surface area (Å²) in [5, 5.41) is 12.2. The molecule has 0 fully saturated rings. The highest BCUT2D eigenvalue weighted by Gasteiger charge is 2.35. The molecular formula is C6H5F3N2O3. The number of hydrogen-bond donors (Lipinski definition) is 1. The Hall–Kier alpha value is -1.73. The maximum atomic E-state index is 11.6. The number of esters is 1. The molecule has 0 saturated carbocycles. The van der Waals surface area contributed by atoms with Gasteiger partial charge in [0.05, 0.1) is 0 Å². The molecule has 0 amide bonds. The van der Waals surface area contributed by atoms with Gasteiger partial charge in [0.25, 0.3) is 0 Å². The molecule has 14 heavy (non-hydrogen) atoms. The molecule has 0 radical (unpaired) electrons. The fraction of sp³-hybridized carbons (Fsp3) is 0.333. The summed E-state index contributed by atoms with van der Waals surface area (Å²) in [6.07, 6.45) is -5.05. The van der Waals surface area contributed by atoms with E-state index in [1.165, 1.54) is 7.05 Å². The second-order valence-electron chi connectivity index (χ2n) is 2.35. The van der Waals surface area contributed by atoms with E-state index < -0.39 is 23.9 Å². The first-order valence-electron chi connectivity index (χ1n) is 3.32. The van der Waals surface area contributed by atoms with Gasteiger partial charge >= 0.3 is 12.3 Å². The maximum Gasteiger partial charge on any atom is 0.575 e. The molecule has 0 saturated heterocycles. The van der Waals surface area contributed by atoms with Crippen molar-refractivity contribution < 1.29 is 27.8 Å². The van der Waals surface area contributed by atoms with Crippen LogP contribution in [0.1, 0.15) is 10.5 Å². The van der Waals surface area contributed by atoms with Crippen LogP contribution >= 0.6 is 0 Å². The second-order valence-corrected chi connectivity index (χ2v) is 2.35. The highest BCUT2D eigenvalue weighted by Crippen LogP contribution is 2.19. The molecule has 5 nitrogen and oxygen atoms in total. The average Bonchev–Trinajstić information content (AvgIpc) is 2.28. The Morgan fingerprint density at radius 1 is 1.64 bits per heavy atom. The highest BCUT2D eigenvalue weighted by molar-refractivity contribution is 5.87. The molecule has 0 spiro atoms. The molecule has 0 atom stereocenters. The Morgan fingerprint density at radius 2 is 2.21 bits per heavy atom. The Balaban J connectivity index is 2.80. The van der Waals surface area contributed by atoms with Gasteiger partial charge in [-0.2, -0.15) is 5.10 Å². The van der Waals surface area contributed by atoms with Gasteiger partial charge in [0.1, 0.15) is 0 Å². The van der Waals surface area contributed by atoms with Crippen LogP contribution in [0.15, 0.2) is 6.07 Å². The van der Waals surface area contributed by atoms with Crippen molar-refractivity contribution in [2.45, 2.75) is 6.36 Å². The fourth-order valence-electron chi connectivity index (χ4n) is 0.715. The number of alkyl halides is 3. The van der Waals surface area contributed by atoms with E-state index in [1.54, 1.807) is 0 Å². The molecule has 1 aromatic rings. The first kappa shape index (κ1) is 10.4. The van der Waals surface area contributed by atoms with Crippen molar-refractivity contribution >= 4 is 5.97 Å². The van der Waals surface area contributed by atoms with Gasteiger partial charge in [-0.1, -0.05) is 0 Å². The summed E-state index contributed by atoms with van der Waals surface area (Å²) >= 11 is 0. The quantitative estimate of drug-likeness (QED) is 0.696. The van der Waals surface area contributed by atoms with Crippen LogP contribution in [-0.4, -0.2) is 27.2 Å². The predicted molar refractivity (Wildman–Crippen MR) is 36.3 cm³/mol. The summed E-state index contributed by atoms with van der Waals surface area (Å²) in [4.78, 5) is 10.7.